The number of amides is 2. The maximum Gasteiger partial charge on any atom is 0.267 e. The Hall–Kier alpha value is -3.19. The summed E-state index contributed by atoms with van der Waals surface area (Å²) in [5, 5.41) is 8.56. The van der Waals surface area contributed by atoms with Crippen molar-refractivity contribution in [1.29, 1.82) is 0 Å². The maximum absolute atomic E-state index is 13.0. The predicted octanol–water partition coefficient (Wildman–Crippen LogP) is 2.44. The van der Waals surface area contributed by atoms with Gasteiger partial charge in [-0.1, -0.05) is 18.2 Å². The number of para-hydroxylation sites is 1. The van der Waals surface area contributed by atoms with Gasteiger partial charge < -0.3 is 9.80 Å². The highest BCUT2D eigenvalue weighted by molar-refractivity contribution is 5.92. The van der Waals surface area contributed by atoms with Gasteiger partial charge in [0.05, 0.1) is 5.69 Å². The second-order valence-corrected chi connectivity index (χ2v) is 5.56. The van der Waals surface area contributed by atoms with Crippen molar-refractivity contribution in [2.24, 2.45) is 0 Å². The van der Waals surface area contributed by atoms with E-state index in [2.05, 4.69) is 0 Å². The van der Waals surface area contributed by atoms with Crippen molar-refractivity contribution in [2.75, 3.05) is 29.9 Å². The lowest BCUT2D eigenvalue weighted by Gasteiger charge is -2.25. The molecular formula is C19H20FN3O3. The fraction of sp³-hybridized carbons (Fsp3) is 0.158. The quantitative estimate of drug-likeness (QED) is 0.329. The lowest BCUT2D eigenvalue weighted by atomic mass is 10.1. The minimum absolute atomic E-state index is 0.302. The molecule has 2 rings (SSSR count). The first-order chi connectivity index (χ1) is 12.5. The average molecular weight is 357 g/mol. The van der Waals surface area contributed by atoms with Gasteiger partial charge in [-0.2, -0.15) is 0 Å². The summed E-state index contributed by atoms with van der Waals surface area (Å²) in [6, 6.07) is 13.2. The number of halogens is 1. The molecule has 0 unspecified atom stereocenters. The van der Waals surface area contributed by atoms with Gasteiger partial charge in [0, 0.05) is 31.9 Å². The Kier molecular flexibility index (Phi) is 6.87. The molecule has 2 aromatic rings. The molecule has 136 valence electrons. The second-order valence-electron chi connectivity index (χ2n) is 5.56. The van der Waals surface area contributed by atoms with Crippen molar-refractivity contribution in [1.82, 2.24) is 5.48 Å². The number of likely N-dealkylation sites (N-methyl/N-ethyl adjacent to an activating group) is 1. The van der Waals surface area contributed by atoms with Gasteiger partial charge in [0.1, 0.15) is 5.82 Å². The molecular weight excluding hydrogens is 337 g/mol. The van der Waals surface area contributed by atoms with E-state index in [0.717, 1.165) is 12.1 Å². The van der Waals surface area contributed by atoms with E-state index in [1.807, 2.05) is 11.9 Å². The van der Waals surface area contributed by atoms with Crippen molar-refractivity contribution in [2.45, 2.75) is 0 Å². The first-order valence-corrected chi connectivity index (χ1v) is 7.95. The smallest absolute Gasteiger partial charge is 0.267 e. The van der Waals surface area contributed by atoms with Crippen LogP contribution < -0.4 is 15.3 Å². The van der Waals surface area contributed by atoms with Crippen LogP contribution >= 0.6 is 0 Å². The van der Waals surface area contributed by atoms with E-state index in [1.165, 1.54) is 34.7 Å². The van der Waals surface area contributed by atoms with Crippen molar-refractivity contribution in [3.05, 3.63) is 66.0 Å². The number of hydrogen-bond acceptors (Lipinski definition) is 4. The van der Waals surface area contributed by atoms with E-state index in [0.29, 0.717) is 24.3 Å². The highest BCUT2D eigenvalue weighted by Gasteiger charge is 2.10. The molecule has 0 aromatic heterocycles. The Morgan fingerprint density at radius 3 is 2.50 bits per heavy atom. The van der Waals surface area contributed by atoms with Crippen LogP contribution in [0.25, 0.3) is 6.08 Å². The Labute approximate surface area is 151 Å². The van der Waals surface area contributed by atoms with Gasteiger partial charge in [-0.15, -0.1) is 0 Å². The molecule has 26 heavy (non-hydrogen) atoms. The lowest BCUT2D eigenvalue weighted by Crippen LogP contribution is -2.32. The standard InChI is InChI=1S/C19H20FN3O3/c1-22(17-9-7-16(20)8-10-17)12-13-23(14-24)18-5-3-2-4-15(18)6-11-19(25)21-26/h2-11,14,26H,12-13H2,1H3,(H,21,25)/b11-6+. The van der Waals surface area contributed by atoms with Crippen LogP contribution in [-0.4, -0.2) is 37.7 Å². The lowest BCUT2D eigenvalue weighted by molar-refractivity contribution is -0.124. The first-order valence-electron chi connectivity index (χ1n) is 7.95. The summed E-state index contributed by atoms with van der Waals surface area (Å²) in [6.45, 7) is 0.925. The number of nitrogens with zero attached hydrogens (tertiary/aromatic N) is 2. The summed E-state index contributed by atoms with van der Waals surface area (Å²) in [5.74, 6) is -0.960. The molecule has 0 fully saturated rings. The van der Waals surface area contributed by atoms with Crippen LogP contribution in [0.4, 0.5) is 15.8 Å². The van der Waals surface area contributed by atoms with E-state index >= 15 is 0 Å². The molecule has 0 bridgehead atoms. The van der Waals surface area contributed by atoms with Crippen molar-refractivity contribution in [3.63, 3.8) is 0 Å². The van der Waals surface area contributed by atoms with Crippen LogP contribution in [0, 0.1) is 5.82 Å². The molecule has 0 atom stereocenters. The number of nitrogens with one attached hydrogen (secondary N) is 1. The fourth-order valence-electron chi connectivity index (χ4n) is 2.41. The molecule has 0 aliphatic rings. The number of anilines is 2. The summed E-state index contributed by atoms with van der Waals surface area (Å²) in [6.07, 6.45) is 3.41. The molecule has 2 N–H and O–H groups in total. The Bertz CT molecular complexity index is 778. The van der Waals surface area contributed by atoms with Gasteiger partial charge in [-0.05, 0) is 42.0 Å². The molecule has 0 spiro atoms. The van der Waals surface area contributed by atoms with Gasteiger partial charge >= 0.3 is 0 Å². The van der Waals surface area contributed by atoms with Gasteiger partial charge in [-0.25, -0.2) is 9.87 Å². The molecule has 0 aliphatic heterocycles. The number of hydrogen-bond donors (Lipinski definition) is 2. The Morgan fingerprint density at radius 1 is 1.15 bits per heavy atom. The van der Waals surface area contributed by atoms with Gasteiger partial charge in [0.2, 0.25) is 6.41 Å². The molecule has 2 aromatic carbocycles. The van der Waals surface area contributed by atoms with Gasteiger partial charge in [-0.3, -0.25) is 14.8 Å². The number of rotatable bonds is 8. The molecule has 7 heteroatoms. The Balaban J connectivity index is 2.11. The SMILES string of the molecule is CN(CCN(C=O)c1ccccc1/C=C/C(=O)NO)c1ccc(F)cc1. The molecule has 0 aliphatic carbocycles. The van der Waals surface area contributed by atoms with E-state index in [9.17, 15) is 14.0 Å². The van der Waals surface area contributed by atoms with E-state index in [1.54, 1.807) is 36.4 Å². The second kappa shape index (κ2) is 9.33. The zero-order valence-electron chi connectivity index (χ0n) is 14.3. The zero-order valence-corrected chi connectivity index (χ0v) is 14.3. The maximum atomic E-state index is 13.0. The number of carbonyl (C=O) groups is 2. The van der Waals surface area contributed by atoms with Crippen LogP contribution in [-0.2, 0) is 9.59 Å². The third-order valence-corrected chi connectivity index (χ3v) is 3.84. The minimum atomic E-state index is -0.659. The third kappa shape index (κ3) is 5.15. The summed E-state index contributed by atoms with van der Waals surface area (Å²) in [7, 11) is 1.85. The van der Waals surface area contributed by atoms with Crippen LogP contribution in [0.2, 0.25) is 0 Å². The highest BCUT2D eigenvalue weighted by Crippen LogP contribution is 2.21. The van der Waals surface area contributed by atoms with Gasteiger partial charge in [0.15, 0.2) is 0 Å². The van der Waals surface area contributed by atoms with E-state index < -0.39 is 5.91 Å². The largest absolute Gasteiger partial charge is 0.373 e. The summed E-state index contributed by atoms with van der Waals surface area (Å²) in [5.41, 5.74) is 3.65. The monoisotopic (exact) mass is 357 g/mol. The number of carbonyl (C=O) groups excluding carboxylic acids is 2. The molecule has 6 nitrogen and oxygen atoms in total. The fourth-order valence-corrected chi connectivity index (χ4v) is 2.41. The number of benzene rings is 2. The summed E-state index contributed by atoms with van der Waals surface area (Å²) in [4.78, 5) is 26.2. The molecule has 0 saturated carbocycles. The van der Waals surface area contributed by atoms with Crippen LogP contribution in [0.1, 0.15) is 5.56 Å². The van der Waals surface area contributed by atoms with Crippen LogP contribution in [0.5, 0.6) is 0 Å². The molecule has 0 heterocycles. The first kappa shape index (κ1) is 19.1. The Morgan fingerprint density at radius 2 is 1.85 bits per heavy atom. The highest BCUT2D eigenvalue weighted by atomic mass is 19.1. The third-order valence-electron chi connectivity index (χ3n) is 3.84. The zero-order chi connectivity index (χ0) is 18.9. The summed E-state index contributed by atoms with van der Waals surface area (Å²) < 4.78 is 13.0. The summed E-state index contributed by atoms with van der Waals surface area (Å²) >= 11 is 0. The van der Waals surface area contributed by atoms with Crippen molar-refractivity contribution < 1.29 is 19.2 Å². The van der Waals surface area contributed by atoms with Crippen LogP contribution in [0.3, 0.4) is 0 Å². The molecule has 0 saturated heterocycles. The topological polar surface area (TPSA) is 72.9 Å². The minimum Gasteiger partial charge on any atom is -0.373 e. The molecule has 0 radical (unpaired) electrons. The van der Waals surface area contributed by atoms with Gasteiger partial charge in [0.25, 0.3) is 5.91 Å². The number of hydroxylamine groups is 1. The van der Waals surface area contributed by atoms with Crippen molar-refractivity contribution in [3.8, 4) is 0 Å². The van der Waals surface area contributed by atoms with E-state index in [4.69, 9.17) is 5.21 Å². The molecule has 2 amide bonds. The van der Waals surface area contributed by atoms with Crippen molar-refractivity contribution >= 4 is 29.8 Å². The van der Waals surface area contributed by atoms with Crippen LogP contribution in [0.15, 0.2) is 54.6 Å². The normalized spacial score (nSPS) is 10.6. The van der Waals surface area contributed by atoms with E-state index in [-0.39, 0.29) is 5.82 Å². The predicted molar refractivity (Wildman–Crippen MR) is 98.5 cm³/mol. The average Bonchev–Trinajstić information content (AvgIpc) is 2.67.